The second kappa shape index (κ2) is 7.22. The Morgan fingerprint density at radius 3 is 2.81 bits per heavy atom. The maximum Gasteiger partial charge on any atom is 0.152 e. The van der Waals surface area contributed by atoms with E-state index in [1.807, 2.05) is 13.0 Å². The highest BCUT2D eigenvalue weighted by Crippen LogP contribution is 2.17. The van der Waals surface area contributed by atoms with Crippen LogP contribution in [-0.4, -0.2) is 44.5 Å². The number of anilines is 1. The van der Waals surface area contributed by atoms with Crippen LogP contribution in [0.1, 0.15) is 31.0 Å². The number of rotatable bonds is 5. The zero-order chi connectivity index (χ0) is 15.3. The van der Waals surface area contributed by atoms with Crippen molar-refractivity contribution in [1.29, 1.82) is 0 Å². The molecule has 1 aromatic heterocycles. The molecule has 118 valence electrons. The third-order valence-corrected chi connectivity index (χ3v) is 5.52. The molecule has 6 heteroatoms. The minimum atomic E-state index is -2.87. The molecule has 0 bridgehead atoms. The van der Waals surface area contributed by atoms with Gasteiger partial charge in [-0.2, -0.15) is 0 Å². The number of hydrogen-bond donors (Lipinski definition) is 1. The second-order valence-electron chi connectivity index (χ2n) is 5.58. The first kappa shape index (κ1) is 16.2. The largest absolute Gasteiger partial charge is 0.356 e. The predicted octanol–water partition coefficient (Wildman–Crippen LogP) is 1.51. The quantitative estimate of drug-likeness (QED) is 0.835. The highest BCUT2D eigenvalue weighted by Gasteiger charge is 2.20. The van der Waals surface area contributed by atoms with Crippen molar-refractivity contribution in [3.05, 3.63) is 23.4 Å². The highest BCUT2D eigenvalue weighted by molar-refractivity contribution is 7.91. The Hall–Kier alpha value is -1.14. The van der Waals surface area contributed by atoms with E-state index in [1.54, 1.807) is 0 Å². The van der Waals surface area contributed by atoms with Gasteiger partial charge in [0, 0.05) is 25.3 Å². The van der Waals surface area contributed by atoms with Crippen molar-refractivity contribution >= 4 is 15.7 Å². The summed E-state index contributed by atoms with van der Waals surface area (Å²) in [7, 11) is -2.87. The second-order valence-corrected chi connectivity index (χ2v) is 7.89. The molecule has 0 saturated carbocycles. The Labute approximate surface area is 127 Å². The molecule has 0 radical (unpaired) electrons. The van der Waals surface area contributed by atoms with Crippen LogP contribution >= 0.6 is 0 Å². The van der Waals surface area contributed by atoms with Crippen molar-refractivity contribution in [2.45, 2.75) is 33.2 Å². The molecule has 2 rings (SSSR count). The van der Waals surface area contributed by atoms with E-state index in [9.17, 15) is 8.42 Å². The Morgan fingerprint density at radius 1 is 1.29 bits per heavy atom. The van der Waals surface area contributed by atoms with E-state index in [0.29, 0.717) is 18.7 Å². The molecule has 1 aliphatic rings. The van der Waals surface area contributed by atoms with Crippen LogP contribution in [0.4, 0.5) is 5.82 Å². The molecule has 0 unspecified atom stereocenters. The highest BCUT2D eigenvalue weighted by atomic mass is 32.2. The number of nitrogens with zero attached hydrogens (tertiary/aromatic N) is 2. The molecule has 1 aromatic rings. The third kappa shape index (κ3) is 4.68. The Bertz CT molecular complexity index is 572. The van der Waals surface area contributed by atoms with Gasteiger partial charge in [-0.3, -0.25) is 0 Å². The molecule has 1 saturated heterocycles. The molecule has 1 aliphatic heterocycles. The van der Waals surface area contributed by atoms with Crippen LogP contribution in [-0.2, 0) is 16.4 Å². The van der Waals surface area contributed by atoms with Crippen molar-refractivity contribution in [3.8, 4) is 0 Å². The minimum Gasteiger partial charge on any atom is -0.356 e. The molecule has 1 N–H and O–H groups in total. The van der Waals surface area contributed by atoms with Crippen molar-refractivity contribution in [1.82, 2.24) is 10.3 Å². The van der Waals surface area contributed by atoms with Gasteiger partial charge >= 0.3 is 0 Å². The predicted molar refractivity (Wildman–Crippen MR) is 86.5 cm³/mol. The van der Waals surface area contributed by atoms with Gasteiger partial charge in [-0.25, -0.2) is 13.4 Å². The summed E-state index contributed by atoms with van der Waals surface area (Å²) in [6.07, 6.45) is 1.80. The lowest BCUT2D eigenvalue weighted by Gasteiger charge is -2.22. The molecule has 0 spiro atoms. The first-order chi connectivity index (χ1) is 10.0. The van der Waals surface area contributed by atoms with Crippen molar-refractivity contribution in [2.75, 3.05) is 36.0 Å². The van der Waals surface area contributed by atoms with Crippen LogP contribution in [0.5, 0.6) is 0 Å². The Morgan fingerprint density at radius 2 is 2.10 bits per heavy atom. The maximum atomic E-state index is 11.7. The summed E-state index contributed by atoms with van der Waals surface area (Å²) in [5, 5.41) is 3.38. The Balaban J connectivity index is 2.05. The van der Waals surface area contributed by atoms with Crippen LogP contribution in [0, 0.1) is 6.92 Å². The van der Waals surface area contributed by atoms with Crippen LogP contribution in [0.3, 0.4) is 0 Å². The lowest BCUT2D eigenvalue weighted by Crippen LogP contribution is -2.28. The summed E-state index contributed by atoms with van der Waals surface area (Å²) in [5.74, 6) is 1.42. The van der Waals surface area contributed by atoms with E-state index in [4.69, 9.17) is 0 Å². The van der Waals surface area contributed by atoms with E-state index in [0.717, 1.165) is 37.6 Å². The topological polar surface area (TPSA) is 62.3 Å². The molecule has 0 amide bonds. The van der Waals surface area contributed by atoms with E-state index in [-0.39, 0.29) is 5.75 Å². The van der Waals surface area contributed by atoms with Gasteiger partial charge in [-0.1, -0.05) is 13.0 Å². The number of sulfone groups is 1. The number of hydrogen-bond acceptors (Lipinski definition) is 5. The normalized spacial score (nSPS) is 18.5. The van der Waals surface area contributed by atoms with E-state index >= 15 is 0 Å². The van der Waals surface area contributed by atoms with Crippen LogP contribution < -0.4 is 10.2 Å². The van der Waals surface area contributed by atoms with E-state index in [1.165, 1.54) is 5.56 Å². The summed E-state index contributed by atoms with van der Waals surface area (Å²) < 4.78 is 23.3. The fourth-order valence-corrected chi connectivity index (χ4v) is 3.78. The summed E-state index contributed by atoms with van der Waals surface area (Å²) in [6, 6.07) is 4.10. The molecule has 1 fully saturated rings. The summed E-state index contributed by atoms with van der Waals surface area (Å²) in [4.78, 5) is 6.74. The maximum absolute atomic E-state index is 11.7. The average Bonchev–Trinajstić information content (AvgIpc) is 2.62. The van der Waals surface area contributed by atoms with Crippen molar-refractivity contribution in [2.24, 2.45) is 0 Å². The van der Waals surface area contributed by atoms with Gasteiger partial charge in [0.2, 0.25) is 0 Å². The molecule has 21 heavy (non-hydrogen) atoms. The van der Waals surface area contributed by atoms with Crippen LogP contribution in [0.25, 0.3) is 0 Å². The number of pyridine rings is 1. The fraction of sp³-hybridized carbons (Fsp3) is 0.667. The SMILES string of the molecule is CCCNCc1ccc(N2CCCS(=O)(=O)CC2)nc1C. The molecule has 0 aliphatic carbocycles. The van der Waals surface area contributed by atoms with Gasteiger partial charge in [0.25, 0.3) is 0 Å². The summed E-state index contributed by atoms with van der Waals surface area (Å²) >= 11 is 0. The van der Waals surface area contributed by atoms with Gasteiger partial charge in [0.1, 0.15) is 5.82 Å². The molecule has 0 atom stereocenters. The van der Waals surface area contributed by atoms with Gasteiger partial charge in [-0.05, 0) is 37.9 Å². The number of aryl methyl sites for hydroxylation is 1. The molecular weight excluding hydrogens is 286 g/mol. The zero-order valence-corrected chi connectivity index (χ0v) is 13.7. The number of nitrogens with one attached hydrogen (secondary N) is 1. The molecular formula is C15H25N3O2S. The van der Waals surface area contributed by atoms with Crippen molar-refractivity contribution < 1.29 is 8.42 Å². The molecule has 0 aromatic carbocycles. The first-order valence-electron chi connectivity index (χ1n) is 7.64. The van der Waals surface area contributed by atoms with Gasteiger partial charge in [-0.15, -0.1) is 0 Å². The van der Waals surface area contributed by atoms with Gasteiger partial charge in [0.05, 0.1) is 11.5 Å². The lowest BCUT2D eigenvalue weighted by atomic mass is 10.2. The van der Waals surface area contributed by atoms with E-state index < -0.39 is 9.84 Å². The smallest absolute Gasteiger partial charge is 0.152 e. The summed E-state index contributed by atoms with van der Waals surface area (Å²) in [6.45, 7) is 7.31. The average molecular weight is 311 g/mol. The van der Waals surface area contributed by atoms with Crippen molar-refractivity contribution in [3.63, 3.8) is 0 Å². The van der Waals surface area contributed by atoms with Crippen LogP contribution in [0.2, 0.25) is 0 Å². The van der Waals surface area contributed by atoms with Gasteiger partial charge < -0.3 is 10.2 Å². The lowest BCUT2D eigenvalue weighted by molar-refractivity contribution is 0.597. The van der Waals surface area contributed by atoms with E-state index in [2.05, 4.69) is 28.2 Å². The third-order valence-electron chi connectivity index (χ3n) is 3.80. The first-order valence-corrected chi connectivity index (χ1v) is 9.46. The zero-order valence-electron chi connectivity index (χ0n) is 12.9. The van der Waals surface area contributed by atoms with Gasteiger partial charge in [0.15, 0.2) is 9.84 Å². The minimum absolute atomic E-state index is 0.230. The Kier molecular flexibility index (Phi) is 5.58. The molecule has 2 heterocycles. The fourth-order valence-electron chi connectivity index (χ4n) is 2.51. The standard InChI is InChI=1S/C15H25N3O2S/c1-3-7-16-12-14-5-6-15(17-13(14)2)18-8-4-10-21(19,20)11-9-18/h5-6,16H,3-4,7-12H2,1-2H3. The number of aromatic nitrogens is 1. The summed E-state index contributed by atoms with van der Waals surface area (Å²) in [5.41, 5.74) is 2.22. The van der Waals surface area contributed by atoms with Crippen LogP contribution in [0.15, 0.2) is 12.1 Å². The monoisotopic (exact) mass is 311 g/mol. The molecule has 5 nitrogen and oxygen atoms in total.